The molecule has 0 bridgehead atoms. The number of amides is 1. The molecule has 1 aromatic rings. The van der Waals surface area contributed by atoms with Crippen molar-refractivity contribution in [1.29, 1.82) is 0 Å². The van der Waals surface area contributed by atoms with Gasteiger partial charge in [0.2, 0.25) is 5.91 Å². The summed E-state index contributed by atoms with van der Waals surface area (Å²) < 4.78 is 0. The second kappa shape index (κ2) is 5.19. The summed E-state index contributed by atoms with van der Waals surface area (Å²) in [6.07, 6.45) is 1.33. The van der Waals surface area contributed by atoms with E-state index in [0.717, 1.165) is 5.56 Å². The molecular formula is C13H14ClNO4. The summed E-state index contributed by atoms with van der Waals surface area (Å²) in [7, 11) is 0. The van der Waals surface area contributed by atoms with Gasteiger partial charge in [0.25, 0.3) is 0 Å². The number of aliphatic hydroxyl groups is 1. The number of carbonyl (C=O) groups is 2. The van der Waals surface area contributed by atoms with Crippen molar-refractivity contribution in [2.24, 2.45) is 0 Å². The molecule has 3 N–H and O–H groups in total. The number of carboxylic acid groups (broad SMARTS) is 1. The highest BCUT2D eigenvalue weighted by molar-refractivity contribution is 6.30. The van der Waals surface area contributed by atoms with Gasteiger partial charge < -0.3 is 15.5 Å². The minimum absolute atomic E-state index is 0.365. The molecule has 1 saturated carbocycles. The van der Waals surface area contributed by atoms with Crippen molar-refractivity contribution in [3.63, 3.8) is 0 Å². The molecule has 1 atom stereocenters. The summed E-state index contributed by atoms with van der Waals surface area (Å²) >= 11 is 5.80. The van der Waals surface area contributed by atoms with Crippen LogP contribution >= 0.6 is 11.6 Å². The predicted molar refractivity (Wildman–Crippen MR) is 69.0 cm³/mol. The molecule has 1 aliphatic rings. The van der Waals surface area contributed by atoms with E-state index < -0.39 is 24.0 Å². The Morgan fingerprint density at radius 2 is 1.89 bits per heavy atom. The number of hydrogen-bond donors (Lipinski definition) is 3. The summed E-state index contributed by atoms with van der Waals surface area (Å²) in [5, 5.41) is 20.7. The normalized spacial score (nSPS) is 17.6. The van der Waals surface area contributed by atoms with Crippen LogP contribution in [-0.4, -0.2) is 34.7 Å². The number of carboxylic acids is 1. The van der Waals surface area contributed by atoms with E-state index in [1.54, 1.807) is 24.3 Å². The van der Waals surface area contributed by atoms with Crippen LogP contribution in [0.15, 0.2) is 24.3 Å². The lowest BCUT2D eigenvalue weighted by Gasteiger charge is -2.19. The number of hydrogen-bond acceptors (Lipinski definition) is 3. The van der Waals surface area contributed by atoms with Gasteiger partial charge in [0, 0.05) is 5.02 Å². The molecule has 0 unspecified atom stereocenters. The maximum absolute atomic E-state index is 12.2. The van der Waals surface area contributed by atoms with Crippen molar-refractivity contribution in [2.45, 2.75) is 24.3 Å². The maximum Gasteiger partial charge on any atom is 0.328 e. The van der Waals surface area contributed by atoms with Gasteiger partial charge in [-0.15, -0.1) is 0 Å². The van der Waals surface area contributed by atoms with Gasteiger partial charge in [0.15, 0.2) is 0 Å². The molecule has 1 fully saturated rings. The number of benzene rings is 1. The highest BCUT2D eigenvalue weighted by Gasteiger charge is 2.51. The van der Waals surface area contributed by atoms with Crippen LogP contribution < -0.4 is 5.32 Å². The van der Waals surface area contributed by atoms with Crippen molar-refractivity contribution >= 4 is 23.5 Å². The van der Waals surface area contributed by atoms with E-state index in [0.29, 0.717) is 17.9 Å². The van der Waals surface area contributed by atoms with Crippen LogP contribution in [0, 0.1) is 0 Å². The topological polar surface area (TPSA) is 86.6 Å². The first-order valence-corrected chi connectivity index (χ1v) is 6.28. The van der Waals surface area contributed by atoms with E-state index in [9.17, 15) is 9.59 Å². The SMILES string of the molecule is O=C(O)[C@H](CO)NC(=O)C1(c2ccc(Cl)cc2)CC1. The Hall–Kier alpha value is -1.59. The second-order valence-corrected chi connectivity index (χ2v) is 5.07. The molecule has 6 heteroatoms. The van der Waals surface area contributed by atoms with Crippen molar-refractivity contribution in [1.82, 2.24) is 5.32 Å². The number of aliphatic carboxylic acids is 1. The Morgan fingerprint density at radius 1 is 1.32 bits per heavy atom. The molecule has 0 aromatic heterocycles. The Labute approximate surface area is 115 Å². The lowest BCUT2D eigenvalue weighted by Crippen LogP contribution is -2.47. The van der Waals surface area contributed by atoms with Crippen LogP contribution in [0.25, 0.3) is 0 Å². The van der Waals surface area contributed by atoms with Gasteiger partial charge in [-0.25, -0.2) is 4.79 Å². The number of carbonyl (C=O) groups excluding carboxylic acids is 1. The van der Waals surface area contributed by atoms with Gasteiger partial charge in [0.1, 0.15) is 6.04 Å². The van der Waals surface area contributed by atoms with Crippen LogP contribution in [0.5, 0.6) is 0 Å². The third-order valence-corrected chi connectivity index (χ3v) is 3.62. The first kappa shape index (κ1) is 13.8. The molecule has 5 nitrogen and oxygen atoms in total. The van der Waals surface area contributed by atoms with Crippen LogP contribution in [0.4, 0.5) is 0 Å². The number of rotatable bonds is 5. The highest BCUT2D eigenvalue weighted by Crippen LogP contribution is 2.48. The molecule has 1 amide bonds. The summed E-state index contributed by atoms with van der Waals surface area (Å²) in [6, 6.07) is 5.67. The van der Waals surface area contributed by atoms with Crippen molar-refractivity contribution < 1.29 is 19.8 Å². The van der Waals surface area contributed by atoms with Gasteiger partial charge in [-0.2, -0.15) is 0 Å². The zero-order chi connectivity index (χ0) is 14.0. The summed E-state index contributed by atoms with van der Waals surface area (Å²) in [5.74, 6) is -1.61. The largest absolute Gasteiger partial charge is 0.480 e. The fourth-order valence-electron chi connectivity index (χ4n) is 2.02. The molecule has 0 radical (unpaired) electrons. The van der Waals surface area contributed by atoms with E-state index in [1.807, 2.05) is 0 Å². The molecule has 0 aliphatic heterocycles. The highest BCUT2D eigenvalue weighted by atomic mass is 35.5. The average molecular weight is 284 g/mol. The minimum atomic E-state index is -1.27. The van der Waals surface area contributed by atoms with Crippen LogP contribution in [-0.2, 0) is 15.0 Å². The smallest absolute Gasteiger partial charge is 0.328 e. The Balaban J connectivity index is 2.14. The van der Waals surface area contributed by atoms with E-state index in [1.165, 1.54) is 0 Å². The number of halogens is 1. The van der Waals surface area contributed by atoms with E-state index in [4.69, 9.17) is 21.8 Å². The minimum Gasteiger partial charge on any atom is -0.480 e. The Bertz CT molecular complexity index is 496. The van der Waals surface area contributed by atoms with Crippen LogP contribution in [0.1, 0.15) is 18.4 Å². The van der Waals surface area contributed by atoms with E-state index in [2.05, 4.69) is 5.32 Å². The zero-order valence-electron chi connectivity index (χ0n) is 10.1. The second-order valence-electron chi connectivity index (χ2n) is 4.64. The third-order valence-electron chi connectivity index (χ3n) is 3.37. The van der Waals surface area contributed by atoms with Crippen molar-refractivity contribution in [3.05, 3.63) is 34.9 Å². The molecule has 0 spiro atoms. The Morgan fingerprint density at radius 3 is 2.32 bits per heavy atom. The van der Waals surface area contributed by atoms with E-state index in [-0.39, 0.29) is 5.91 Å². The standard InChI is InChI=1S/C13H14ClNO4/c14-9-3-1-8(2-4-9)13(5-6-13)12(19)15-10(7-16)11(17)18/h1-4,10,16H,5-7H2,(H,15,19)(H,17,18)/t10-/m0/s1. The zero-order valence-corrected chi connectivity index (χ0v) is 10.9. The first-order valence-electron chi connectivity index (χ1n) is 5.90. The number of nitrogens with one attached hydrogen (secondary N) is 1. The summed E-state index contributed by atoms with van der Waals surface area (Å²) in [4.78, 5) is 23.0. The van der Waals surface area contributed by atoms with Crippen molar-refractivity contribution in [3.8, 4) is 0 Å². The Kier molecular flexibility index (Phi) is 3.78. The molecular weight excluding hydrogens is 270 g/mol. The molecule has 102 valence electrons. The average Bonchev–Trinajstić information content (AvgIpc) is 3.17. The van der Waals surface area contributed by atoms with Gasteiger partial charge in [0.05, 0.1) is 12.0 Å². The lowest BCUT2D eigenvalue weighted by atomic mass is 9.94. The van der Waals surface area contributed by atoms with E-state index >= 15 is 0 Å². The molecule has 0 heterocycles. The van der Waals surface area contributed by atoms with Crippen LogP contribution in [0.3, 0.4) is 0 Å². The predicted octanol–water partition coefficient (Wildman–Crippen LogP) is 0.933. The molecule has 1 aromatic carbocycles. The molecule has 19 heavy (non-hydrogen) atoms. The van der Waals surface area contributed by atoms with Gasteiger partial charge in [-0.3, -0.25) is 4.79 Å². The summed E-state index contributed by atoms with van der Waals surface area (Å²) in [6.45, 7) is -0.627. The van der Waals surface area contributed by atoms with Gasteiger partial charge >= 0.3 is 5.97 Å². The molecule has 1 aliphatic carbocycles. The maximum atomic E-state index is 12.2. The van der Waals surface area contributed by atoms with Gasteiger partial charge in [-0.1, -0.05) is 23.7 Å². The van der Waals surface area contributed by atoms with Gasteiger partial charge in [-0.05, 0) is 30.5 Å². The third kappa shape index (κ3) is 2.72. The van der Waals surface area contributed by atoms with Crippen LogP contribution in [0.2, 0.25) is 5.02 Å². The molecule has 2 rings (SSSR count). The lowest BCUT2D eigenvalue weighted by molar-refractivity contribution is -0.143. The fraction of sp³-hybridized carbons (Fsp3) is 0.385. The quantitative estimate of drug-likeness (QED) is 0.750. The summed E-state index contributed by atoms with van der Waals surface area (Å²) in [5.41, 5.74) is 0.143. The van der Waals surface area contributed by atoms with Crippen molar-refractivity contribution in [2.75, 3.05) is 6.61 Å². The first-order chi connectivity index (χ1) is 8.99. The fourth-order valence-corrected chi connectivity index (χ4v) is 2.15. The molecule has 0 saturated heterocycles. The number of aliphatic hydroxyl groups excluding tert-OH is 1. The monoisotopic (exact) mass is 283 g/mol.